The molecule has 0 aliphatic heterocycles. The number of nitrogens with one attached hydrogen (secondary N) is 1. The number of nitrogens with zero attached hydrogens (tertiary/aromatic N) is 2. The summed E-state index contributed by atoms with van der Waals surface area (Å²) in [6.07, 6.45) is 4.53. The van der Waals surface area contributed by atoms with Gasteiger partial charge in [-0.1, -0.05) is 18.6 Å². The first-order chi connectivity index (χ1) is 10.3. The molecule has 0 atom stereocenters. The summed E-state index contributed by atoms with van der Waals surface area (Å²) >= 11 is 0. The van der Waals surface area contributed by atoms with Crippen molar-refractivity contribution >= 4 is 11.7 Å². The van der Waals surface area contributed by atoms with Gasteiger partial charge in [0.05, 0.1) is 12.8 Å². The Hall–Kier alpha value is -2.43. The van der Waals surface area contributed by atoms with Gasteiger partial charge >= 0.3 is 0 Å². The molecule has 0 bridgehead atoms. The molecule has 2 aromatic rings. The average Bonchev–Trinajstić information content (AvgIpc) is 2.45. The lowest BCUT2D eigenvalue weighted by atomic mass is 9.85. The predicted molar refractivity (Wildman–Crippen MR) is 80.0 cm³/mol. The lowest BCUT2D eigenvalue weighted by molar-refractivity contribution is -0.122. The topological polar surface area (TPSA) is 64.1 Å². The van der Waals surface area contributed by atoms with E-state index in [0.717, 1.165) is 36.3 Å². The van der Waals surface area contributed by atoms with E-state index in [0.29, 0.717) is 5.82 Å². The third kappa shape index (κ3) is 2.86. The molecule has 1 N–H and O–H groups in total. The van der Waals surface area contributed by atoms with E-state index in [2.05, 4.69) is 15.3 Å². The maximum atomic E-state index is 12.0. The largest absolute Gasteiger partial charge is 0.496 e. The Morgan fingerprint density at radius 2 is 2.10 bits per heavy atom. The van der Waals surface area contributed by atoms with Crippen molar-refractivity contribution in [1.82, 2.24) is 9.97 Å². The average molecular weight is 283 g/mol. The number of carbonyl (C=O) groups is 1. The second kappa shape index (κ2) is 5.91. The van der Waals surface area contributed by atoms with Crippen LogP contribution < -0.4 is 10.1 Å². The molecule has 0 radical (unpaired) electrons. The minimum Gasteiger partial charge on any atom is -0.496 e. The smallest absolute Gasteiger partial charge is 0.228 e. The Balaban J connectivity index is 1.84. The van der Waals surface area contributed by atoms with Gasteiger partial charge in [-0.25, -0.2) is 9.97 Å². The molecule has 3 rings (SSSR count). The molecule has 1 amide bonds. The van der Waals surface area contributed by atoms with E-state index >= 15 is 0 Å². The van der Waals surface area contributed by atoms with Gasteiger partial charge in [0.15, 0.2) is 0 Å². The van der Waals surface area contributed by atoms with Crippen LogP contribution in [-0.4, -0.2) is 23.0 Å². The van der Waals surface area contributed by atoms with E-state index in [9.17, 15) is 4.79 Å². The maximum absolute atomic E-state index is 12.0. The normalized spacial score (nSPS) is 14.3. The van der Waals surface area contributed by atoms with Gasteiger partial charge in [0.25, 0.3) is 0 Å². The number of aromatic nitrogens is 2. The summed E-state index contributed by atoms with van der Waals surface area (Å²) in [6, 6.07) is 9.41. The van der Waals surface area contributed by atoms with Gasteiger partial charge < -0.3 is 10.1 Å². The number of methoxy groups -OCH3 is 1. The molecule has 1 heterocycles. The second-order valence-corrected chi connectivity index (χ2v) is 5.11. The van der Waals surface area contributed by atoms with Crippen LogP contribution in [0, 0.1) is 5.92 Å². The van der Waals surface area contributed by atoms with E-state index in [-0.39, 0.29) is 11.8 Å². The van der Waals surface area contributed by atoms with Crippen LogP contribution in [0.15, 0.2) is 36.7 Å². The van der Waals surface area contributed by atoms with Crippen molar-refractivity contribution in [2.24, 2.45) is 5.92 Å². The Morgan fingerprint density at radius 1 is 1.29 bits per heavy atom. The van der Waals surface area contributed by atoms with Crippen LogP contribution in [0.4, 0.5) is 5.82 Å². The van der Waals surface area contributed by atoms with Crippen molar-refractivity contribution in [3.05, 3.63) is 36.7 Å². The van der Waals surface area contributed by atoms with Crippen LogP contribution in [0.2, 0.25) is 0 Å². The molecule has 1 aromatic heterocycles. The number of ether oxygens (including phenoxy) is 1. The van der Waals surface area contributed by atoms with Gasteiger partial charge in [-0.05, 0) is 25.0 Å². The van der Waals surface area contributed by atoms with Crippen molar-refractivity contribution in [2.75, 3.05) is 12.4 Å². The molecule has 5 heteroatoms. The Bertz CT molecular complexity index is 653. The number of hydrogen-bond acceptors (Lipinski definition) is 4. The third-order valence-corrected chi connectivity index (χ3v) is 3.78. The number of carbonyl (C=O) groups excluding carboxylic acids is 1. The first-order valence-electron chi connectivity index (χ1n) is 7.04. The SMILES string of the molecule is COc1ccccc1-c1cc(NC(=O)C2CCC2)ncn1. The highest BCUT2D eigenvalue weighted by Crippen LogP contribution is 2.30. The predicted octanol–water partition coefficient (Wildman–Crippen LogP) is 2.89. The Morgan fingerprint density at radius 3 is 2.81 bits per heavy atom. The molecule has 0 spiro atoms. The lowest BCUT2D eigenvalue weighted by Crippen LogP contribution is -2.28. The van der Waals surface area contributed by atoms with E-state index in [1.54, 1.807) is 13.2 Å². The summed E-state index contributed by atoms with van der Waals surface area (Å²) in [5.41, 5.74) is 1.60. The van der Waals surface area contributed by atoms with Gasteiger partial charge in [-0.3, -0.25) is 4.79 Å². The van der Waals surface area contributed by atoms with Gasteiger partial charge in [0.2, 0.25) is 5.91 Å². The molecule has 5 nitrogen and oxygen atoms in total. The molecule has 0 unspecified atom stereocenters. The molecular formula is C16H17N3O2. The molecule has 0 saturated heterocycles. The molecule has 1 aliphatic rings. The number of anilines is 1. The van der Waals surface area contributed by atoms with Crippen LogP contribution in [0.3, 0.4) is 0 Å². The molecule has 108 valence electrons. The molecular weight excluding hydrogens is 266 g/mol. The molecule has 1 aliphatic carbocycles. The summed E-state index contributed by atoms with van der Waals surface area (Å²) in [5.74, 6) is 1.45. The highest BCUT2D eigenvalue weighted by atomic mass is 16.5. The highest BCUT2D eigenvalue weighted by Gasteiger charge is 2.25. The number of benzene rings is 1. The van der Waals surface area contributed by atoms with Gasteiger partial charge in [0, 0.05) is 17.5 Å². The molecule has 1 saturated carbocycles. The third-order valence-electron chi connectivity index (χ3n) is 3.78. The zero-order chi connectivity index (χ0) is 14.7. The Labute approximate surface area is 123 Å². The van der Waals surface area contributed by atoms with Crippen LogP contribution in [0.1, 0.15) is 19.3 Å². The molecule has 1 fully saturated rings. The summed E-state index contributed by atoms with van der Waals surface area (Å²) in [4.78, 5) is 20.3. The molecule has 1 aromatic carbocycles. The zero-order valence-corrected chi connectivity index (χ0v) is 11.9. The quantitative estimate of drug-likeness (QED) is 0.937. The van der Waals surface area contributed by atoms with Crippen LogP contribution >= 0.6 is 0 Å². The first kappa shape index (κ1) is 13.5. The van der Waals surface area contributed by atoms with Crippen molar-refractivity contribution in [2.45, 2.75) is 19.3 Å². The zero-order valence-electron chi connectivity index (χ0n) is 11.9. The van der Waals surface area contributed by atoms with E-state index in [1.165, 1.54) is 6.33 Å². The fourth-order valence-corrected chi connectivity index (χ4v) is 2.33. The summed E-state index contributed by atoms with van der Waals surface area (Å²) in [6.45, 7) is 0. The minimum atomic E-state index is 0.0472. The van der Waals surface area contributed by atoms with Gasteiger partial charge in [0.1, 0.15) is 17.9 Å². The fraction of sp³-hybridized carbons (Fsp3) is 0.312. The lowest BCUT2D eigenvalue weighted by Gasteiger charge is -2.23. The van der Waals surface area contributed by atoms with Crippen molar-refractivity contribution in [3.8, 4) is 17.0 Å². The minimum absolute atomic E-state index is 0.0472. The Kier molecular flexibility index (Phi) is 3.81. The van der Waals surface area contributed by atoms with Crippen LogP contribution in [-0.2, 0) is 4.79 Å². The number of amides is 1. The number of rotatable bonds is 4. The number of para-hydroxylation sites is 1. The summed E-state index contributed by atoms with van der Waals surface area (Å²) < 4.78 is 5.34. The van der Waals surface area contributed by atoms with Crippen LogP contribution in [0.25, 0.3) is 11.3 Å². The summed E-state index contributed by atoms with van der Waals surface area (Å²) in [5, 5.41) is 2.86. The fourth-order valence-electron chi connectivity index (χ4n) is 2.33. The molecule has 21 heavy (non-hydrogen) atoms. The van der Waals surface area contributed by atoms with E-state index in [1.807, 2.05) is 24.3 Å². The van der Waals surface area contributed by atoms with Crippen molar-refractivity contribution in [1.29, 1.82) is 0 Å². The van der Waals surface area contributed by atoms with Gasteiger partial charge in [-0.2, -0.15) is 0 Å². The standard InChI is InChI=1S/C16H17N3O2/c1-21-14-8-3-2-7-12(14)13-9-15(18-10-17-13)19-16(20)11-5-4-6-11/h2-3,7-11H,4-6H2,1H3,(H,17,18,19,20). The second-order valence-electron chi connectivity index (χ2n) is 5.11. The van der Waals surface area contributed by atoms with Crippen molar-refractivity contribution < 1.29 is 9.53 Å². The van der Waals surface area contributed by atoms with E-state index < -0.39 is 0 Å². The van der Waals surface area contributed by atoms with Crippen LogP contribution in [0.5, 0.6) is 5.75 Å². The maximum Gasteiger partial charge on any atom is 0.228 e. The van der Waals surface area contributed by atoms with E-state index in [4.69, 9.17) is 4.74 Å². The first-order valence-corrected chi connectivity index (χ1v) is 7.04. The number of hydrogen-bond donors (Lipinski definition) is 1. The van der Waals surface area contributed by atoms with Crippen molar-refractivity contribution in [3.63, 3.8) is 0 Å². The van der Waals surface area contributed by atoms with Gasteiger partial charge in [-0.15, -0.1) is 0 Å². The summed E-state index contributed by atoms with van der Waals surface area (Å²) in [7, 11) is 1.62. The monoisotopic (exact) mass is 283 g/mol. The highest BCUT2D eigenvalue weighted by molar-refractivity contribution is 5.92.